The number of hydrogen-bond donors (Lipinski definition) is 1. The molecule has 3 heteroatoms. The minimum atomic E-state index is -0.530. The fourth-order valence-electron chi connectivity index (χ4n) is 2.53. The number of carbonyl (C=O) groups is 1. The molecule has 0 bridgehead atoms. The van der Waals surface area contributed by atoms with E-state index in [1.165, 1.54) is 5.56 Å². The van der Waals surface area contributed by atoms with E-state index in [0.29, 0.717) is 12.8 Å². The van der Waals surface area contributed by atoms with Crippen molar-refractivity contribution >= 4 is 5.91 Å². The third-order valence-corrected chi connectivity index (χ3v) is 3.86. The molecule has 19 heavy (non-hydrogen) atoms. The fourth-order valence-corrected chi connectivity index (χ4v) is 2.53. The van der Waals surface area contributed by atoms with Crippen LogP contribution < -0.4 is 0 Å². The minimum Gasteiger partial charge on any atom is -0.388 e. The number of rotatable bonds is 5. The maximum absolute atomic E-state index is 11.9. The van der Waals surface area contributed by atoms with Gasteiger partial charge in [0.15, 0.2) is 0 Å². The van der Waals surface area contributed by atoms with Crippen LogP contribution in [-0.4, -0.2) is 29.0 Å². The highest BCUT2D eigenvalue weighted by Crippen LogP contribution is 2.20. The SMILES string of the molecule is CCc1ccc(C(O)CCC(=O)N2CCCC2)cc1. The second-order valence-electron chi connectivity index (χ2n) is 5.24. The minimum absolute atomic E-state index is 0.182. The smallest absolute Gasteiger partial charge is 0.222 e. The molecule has 1 heterocycles. The Hall–Kier alpha value is -1.35. The fraction of sp³-hybridized carbons (Fsp3) is 0.562. The van der Waals surface area contributed by atoms with Crippen molar-refractivity contribution < 1.29 is 9.90 Å². The van der Waals surface area contributed by atoms with E-state index in [4.69, 9.17) is 0 Å². The molecule has 1 N–H and O–H groups in total. The molecule has 1 aromatic rings. The van der Waals surface area contributed by atoms with Crippen LogP contribution in [0.3, 0.4) is 0 Å². The molecule has 0 saturated carbocycles. The monoisotopic (exact) mass is 261 g/mol. The second-order valence-corrected chi connectivity index (χ2v) is 5.24. The summed E-state index contributed by atoms with van der Waals surface area (Å²) in [5, 5.41) is 10.1. The Morgan fingerprint density at radius 1 is 1.26 bits per heavy atom. The number of nitrogens with zero attached hydrogens (tertiary/aromatic N) is 1. The van der Waals surface area contributed by atoms with Gasteiger partial charge in [-0.05, 0) is 36.8 Å². The number of aliphatic hydroxyl groups excluding tert-OH is 1. The first kappa shape index (κ1) is 14.1. The van der Waals surface area contributed by atoms with E-state index in [9.17, 15) is 9.90 Å². The quantitative estimate of drug-likeness (QED) is 0.885. The van der Waals surface area contributed by atoms with Crippen LogP contribution in [0.15, 0.2) is 24.3 Å². The van der Waals surface area contributed by atoms with Gasteiger partial charge in [-0.3, -0.25) is 4.79 Å². The maximum Gasteiger partial charge on any atom is 0.222 e. The van der Waals surface area contributed by atoms with Gasteiger partial charge in [0.1, 0.15) is 0 Å². The first-order valence-corrected chi connectivity index (χ1v) is 7.25. The number of hydrogen-bond acceptors (Lipinski definition) is 2. The van der Waals surface area contributed by atoms with Crippen molar-refractivity contribution in [1.82, 2.24) is 4.90 Å². The molecule has 1 amide bonds. The van der Waals surface area contributed by atoms with Gasteiger partial charge in [0.25, 0.3) is 0 Å². The Bertz CT molecular complexity index is 407. The van der Waals surface area contributed by atoms with Gasteiger partial charge in [0.2, 0.25) is 5.91 Å². The molecule has 1 atom stereocenters. The Labute approximate surface area is 115 Å². The van der Waals surface area contributed by atoms with Crippen LogP contribution in [0.25, 0.3) is 0 Å². The number of amides is 1. The van der Waals surface area contributed by atoms with Crippen molar-refractivity contribution in [2.24, 2.45) is 0 Å². The van der Waals surface area contributed by atoms with Crippen molar-refractivity contribution in [3.63, 3.8) is 0 Å². The Balaban J connectivity index is 1.82. The van der Waals surface area contributed by atoms with Gasteiger partial charge >= 0.3 is 0 Å². The molecule has 1 unspecified atom stereocenters. The first-order chi connectivity index (χ1) is 9.20. The first-order valence-electron chi connectivity index (χ1n) is 7.25. The largest absolute Gasteiger partial charge is 0.388 e. The summed E-state index contributed by atoms with van der Waals surface area (Å²) in [7, 11) is 0. The van der Waals surface area contributed by atoms with E-state index < -0.39 is 6.10 Å². The molecule has 2 rings (SSSR count). The van der Waals surface area contributed by atoms with E-state index in [1.54, 1.807) is 0 Å². The predicted molar refractivity (Wildman–Crippen MR) is 75.8 cm³/mol. The zero-order valence-corrected chi connectivity index (χ0v) is 11.6. The molecular formula is C16H23NO2. The molecule has 0 radical (unpaired) electrons. The Morgan fingerprint density at radius 2 is 1.89 bits per heavy atom. The zero-order valence-electron chi connectivity index (χ0n) is 11.6. The number of likely N-dealkylation sites (tertiary alicyclic amines) is 1. The summed E-state index contributed by atoms with van der Waals surface area (Å²) in [6.07, 6.45) is 3.67. The molecule has 0 aromatic heterocycles. The highest BCUT2D eigenvalue weighted by molar-refractivity contribution is 5.76. The number of aliphatic hydroxyl groups is 1. The third kappa shape index (κ3) is 3.80. The van der Waals surface area contributed by atoms with Gasteiger partial charge in [0, 0.05) is 19.5 Å². The van der Waals surface area contributed by atoms with Crippen LogP contribution in [0.1, 0.15) is 49.8 Å². The van der Waals surface area contributed by atoms with E-state index in [2.05, 4.69) is 6.92 Å². The average molecular weight is 261 g/mol. The lowest BCUT2D eigenvalue weighted by Gasteiger charge is -2.17. The standard InChI is InChI=1S/C16H23NO2/c1-2-13-5-7-14(8-6-13)15(18)9-10-16(19)17-11-3-4-12-17/h5-8,15,18H,2-4,9-12H2,1H3. The number of benzene rings is 1. The van der Waals surface area contributed by atoms with Gasteiger partial charge in [-0.2, -0.15) is 0 Å². The van der Waals surface area contributed by atoms with E-state index in [0.717, 1.165) is 37.9 Å². The summed E-state index contributed by atoms with van der Waals surface area (Å²) in [4.78, 5) is 13.8. The molecule has 104 valence electrons. The molecule has 1 saturated heterocycles. The third-order valence-electron chi connectivity index (χ3n) is 3.86. The van der Waals surface area contributed by atoms with E-state index in [-0.39, 0.29) is 5.91 Å². The topological polar surface area (TPSA) is 40.5 Å². The van der Waals surface area contributed by atoms with Crippen LogP contribution in [-0.2, 0) is 11.2 Å². The van der Waals surface area contributed by atoms with Gasteiger partial charge in [0.05, 0.1) is 6.10 Å². The highest BCUT2D eigenvalue weighted by Gasteiger charge is 2.19. The van der Waals surface area contributed by atoms with Crippen molar-refractivity contribution in [3.8, 4) is 0 Å². The molecule has 3 nitrogen and oxygen atoms in total. The zero-order chi connectivity index (χ0) is 13.7. The molecular weight excluding hydrogens is 238 g/mol. The van der Waals surface area contributed by atoms with Crippen LogP contribution in [0, 0.1) is 0 Å². The van der Waals surface area contributed by atoms with Gasteiger partial charge in [-0.1, -0.05) is 31.2 Å². The van der Waals surface area contributed by atoms with Crippen LogP contribution in [0.5, 0.6) is 0 Å². The lowest BCUT2D eigenvalue weighted by Crippen LogP contribution is -2.27. The normalized spacial score (nSPS) is 16.6. The van der Waals surface area contributed by atoms with E-state index in [1.807, 2.05) is 29.2 Å². The van der Waals surface area contributed by atoms with Crippen LogP contribution in [0.2, 0.25) is 0 Å². The van der Waals surface area contributed by atoms with Crippen molar-refractivity contribution in [2.45, 2.75) is 45.1 Å². The summed E-state index contributed by atoms with van der Waals surface area (Å²) in [6.45, 7) is 3.89. The molecule has 1 fully saturated rings. The van der Waals surface area contributed by atoms with Gasteiger partial charge < -0.3 is 10.0 Å². The van der Waals surface area contributed by atoms with Crippen LogP contribution >= 0.6 is 0 Å². The van der Waals surface area contributed by atoms with Crippen molar-refractivity contribution in [1.29, 1.82) is 0 Å². The summed E-state index contributed by atoms with van der Waals surface area (Å²) in [5.74, 6) is 0.182. The van der Waals surface area contributed by atoms with Gasteiger partial charge in [-0.25, -0.2) is 0 Å². The molecule has 1 aliphatic heterocycles. The summed E-state index contributed by atoms with van der Waals surface area (Å²) in [6, 6.07) is 8.01. The van der Waals surface area contributed by atoms with Crippen molar-refractivity contribution in [3.05, 3.63) is 35.4 Å². The van der Waals surface area contributed by atoms with E-state index >= 15 is 0 Å². The number of carbonyl (C=O) groups excluding carboxylic acids is 1. The Kier molecular flexibility index (Phi) is 4.97. The number of aryl methyl sites for hydroxylation is 1. The summed E-state index contributed by atoms with van der Waals surface area (Å²) in [5.41, 5.74) is 2.18. The maximum atomic E-state index is 11.9. The highest BCUT2D eigenvalue weighted by atomic mass is 16.3. The summed E-state index contributed by atoms with van der Waals surface area (Å²) >= 11 is 0. The Morgan fingerprint density at radius 3 is 2.47 bits per heavy atom. The lowest BCUT2D eigenvalue weighted by atomic mass is 10.0. The lowest BCUT2D eigenvalue weighted by molar-refractivity contribution is -0.130. The van der Waals surface area contributed by atoms with Crippen LogP contribution in [0.4, 0.5) is 0 Å². The predicted octanol–water partition coefficient (Wildman–Crippen LogP) is 2.69. The average Bonchev–Trinajstić information content (AvgIpc) is 2.98. The van der Waals surface area contributed by atoms with Gasteiger partial charge in [-0.15, -0.1) is 0 Å². The molecule has 1 aliphatic rings. The second kappa shape index (κ2) is 6.71. The summed E-state index contributed by atoms with van der Waals surface area (Å²) < 4.78 is 0. The molecule has 0 spiro atoms. The van der Waals surface area contributed by atoms with Crippen molar-refractivity contribution in [2.75, 3.05) is 13.1 Å². The molecule has 1 aromatic carbocycles. The molecule has 0 aliphatic carbocycles.